The summed E-state index contributed by atoms with van der Waals surface area (Å²) >= 11 is 0. The van der Waals surface area contributed by atoms with E-state index in [9.17, 15) is 14.4 Å². The molecule has 43 heavy (non-hydrogen) atoms. The Morgan fingerprint density at radius 2 is 1.77 bits per heavy atom. The summed E-state index contributed by atoms with van der Waals surface area (Å²) in [6.07, 6.45) is 0.834. The van der Waals surface area contributed by atoms with Crippen molar-refractivity contribution in [1.82, 2.24) is 25.5 Å². The molecule has 0 radical (unpaired) electrons. The van der Waals surface area contributed by atoms with Crippen LogP contribution in [-0.2, 0) is 11.3 Å². The van der Waals surface area contributed by atoms with E-state index in [2.05, 4.69) is 20.6 Å². The first-order chi connectivity index (χ1) is 20.9. The van der Waals surface area contributed by atoms with E-state index in [-0.39, 0.29) is 55.1 Å². The van der Waals surface area contributed by atoms with E-state index in [1.165, 1.54) is 26.5 Å². The molecule has 4 bridgehead atoms. The summed E-state index contributed by atoms with van der Waals surface area (Å²) in [5.41, 5.74) is 2.55. The molecule has 2 N–H and O–H groups in total. The number of fused-ring (bicyclic) bond motifs is 8. The molecule has 3 aromatic carbocycles. The summed E-state index contributed by atoms with van der Waals surface area (Å²) in [4.78, 5) is 50.0. The molecule has 0 aliphatic carbocycles. The fourth-order valence-corrected chi connectivity index (χ4v) is 5.08. The fourth-order valence-electron chi connectivity index (χ4n) is 5.08. The third-order valence-corrected chi connectivity index (χ3v) is 7.32. The molecular formula is C31H29N5O7. The molecule has 3 amide bonds. The molecule has 0 unspecified atom stereocenters. The lowest BCUT2D eigenvalue weighted by molar-refractivity contribution is -0.123. The highest BCUT2D eigenvalue weighted by molar-refractivity contribution is 5.96. The zero-order valence-electron chi connectivity index (χ0n) is 23.5. The van der Waals surface area contributed by atoms with Gasteiger partial charge in [-0.15, -0.1) is 0 Å². The zero-order chi connectivity index (χ0) is 29.9. The molecule has 1 saturated heterocycles. The van der Waals surface area contributed by atoms with Gasteiger partial charge in [-0.05, 0) is 48.0 Å². The molecule has 4 heterocycles. The number of hydrogen-bond donors (Lipinski definition) is 2. The topological polar surface area (TPSA) is 141 Å². The number of hydrogen-bond acceptors (Lipinski definition) is 9. The Bertz CT molecular complexity index is 1710. The van der Waals surface area contributed by atoms with Crippen LogP contribution in [0, 0.1) is 0 Å². The third kappa shape index (κ3) is 5.85. The lowest BCUT2D eigenvalue weighted by Gasteiger charge is -2.22. The van der Waals surface area contributed by atoms with Gasteiger partial charge in [-0.1, -0.05) is 18.2 Å². The molecule has 2 atom stereocenters. The Labute approximate surface area is 246 Å². The molecule has 3 aliphatic heterocycles. The van der Waals surface area contributed by atoms with Crippen molar-refractivity contribution in [3.05, 3.63) is 83.7 Å². The average molecular weight is 584 g/mol. The minimum atomic E-state index is -0.620. The fraction of sp³-hybridized carbons (Fsp3) is 0.258. The van der Waals surface area contributed by atoms with E-state index in [0.29, 0.717) is 28.3 Å². The molecule has 220 valence electrons. The first kappa shape index (κ1) is 27.8. The Hall–Kier alpha value is -5.39. The van der Waals surface area contributed by atoms with E-state index in [4.69, 9.17) is 18.9 Å². The number of para-hydroxylation sites is 2. The minimum absolute atomic E-state index is 0.169. The van der Waals surface area contributed by atoms with E-state index in [0.717, 1.165) is 5.56 Å². The Morgan fingerprint density at radius 1 is 0.953 bits per heavy atom. The van der Waals surface area contributed by atoms with E-state index in [1.54, 1.807) is 41.3 Å². The summed E-state index contributed by atoms with van der Waals surface area (Å²) in [5.74, 6) is 0.394. The summed E-state index contributed by atoms with van der Waals surface area (Å²) in [7, 11) is 2.99. The third-order valence-electron chi connectivity index (χ3n) is 7.32. The monoisotopic (exact) mass is 583 g/mol. The van der Waals surface area contributed by atoms with Gasteiger partial charge in [0.2, 0.25) is 0 Å². The normalized spacial score (nSPS) is 18.5. The number of carbonyl (C=O) groups excluding carboxylic acids is 3. The molecule has 1 aromatic heterocycles. The van der Waals surface area contributed by atoms with Crippen LogP contribution in [0.3, 0.4) is 0 Å². The van der Waals surface area contributed by atoms with Gasteiger partial charge in [0.25, 0.3) is 17.7 Å². The summed E-state index contributed by atoms with van der Waals surface area (Å²) in [5, 5.41) is 5.82. The molecule has 1 fully saturated rings. The van der Waals surface area contributed by atoms with Crippen molar-refractivity contribution in [2.75, 3.05) is 33.9 Å². The van der Waals surface area contributed by atoms with Crippen molar-refractivity contribution in [3.8, 4) is 23.0 Å². The molecule has 7 rings (SSSR count). The van der Waals surface area contributed by atoms with Crippen LogP contribution in [0.1, 0.15) is 26.4 Å². The molecule has 0 saturated carbocycles. The number of nitrogens with zero attached hydrogens (tertiary/aromatic N) is 3. The Balaban J connectivity index is 1.33. The number of amides is 3. The highest BCUT2D eigenvalue weighted by atomic mass is 16.5. The molecule has 12 heteroatoms. The van der Waals surface area contributed by atoms with Crippen LogP contribution >= 0.6 is 0 Å². The number of ether oxygens (including phenoxy) is 4. The standard InChI is InChI=1S/C31H29N5O7/c1-40-24-10-8-19-12-27(24)42-17-29(37)33-13-18-7-9-25(26(11-18)41-2)43-28-16-36(15-23(28)35-30(19)38)31(39)22-14-32-20-5-3-4-6-21(20)34-22/h3-12,14,23,28H,13,15-17H2,1-2H3,(H,33,37)(H,35,38)/t23-,28-/m0/s1. The van der Waals surface area contributed by atoms with Crippen LogP contribution in [-0.4, -0.2) is 78.7 Å². The Kier molecular flexibility index (Phi) is 7.65. The van der Waals surface area contributed by atoms with Crippen molar-refractivity contribution in [1.29, 1.82) is 0 Å². The van der Waals surface area contributed by atoms with E-state index < -0.39 is 18.1 Å². The van der Waals surface area contributed by atoms with Crippen LogP contribution in [0.5, 0.6) is 23.0 Å². The largest absolute Gasteiger partial charge is 0.493 e. The molecule has 4 aromatic rings. The van der Waals surface area contributed by atoms with Gasteiger partial charge in [-0.2, -0.15) is 0 Å². The zero-order valence-corrected chi connectivity index (χ0v) is 23.5. The number of nitrogens with one attached hydrogen (secondary N) is 2. The summed E-state index contributed by atoms with van der Waals surface area (Å²) < 4.78 is 23.0. The maximum absolute atomic E-state index is 13.6. The van der Waals surface area contributed by atoms with Crippen LogP contribution in [0.15, 0.2) is 66.9 Å². The number of methoxy groups -OCH3 is 2. The predicted molar refractivity (Wildman–Crippen MR) is 154 cm³/mol. The van der Waals surface area contributed by atoms with Gasteiger partial charge in [0, 0.05) is 18.7 Å². The average Bonchev–Trinajstić information content (AvgIpc) is 3.43. The number of carbonyl (C=O) groups is 3. The van der Waals surface area contributed by atoms with Crippen molar-refractivity contribution in [2.24, 2.45) is 0 Å². The van der Waals surface area contributed by atoms with Crippen molar-refractivity contribution < 1.29 is 33.3 Å². The minimum Gasteiger partial charge on any atom is -0.493 e. The second-order valence-corrected chi connectivity index (χ2v) is 10.1. The number of aromatic nitrogens is 2. The smallest absolute Gasteiger partial charge is 0.274 e. The quantitative estimate of drug-likeness (QED) is 0.372. The van der Waals surface area contributed by atoms with Crippen molar-refractivity contribution in [2.45, 2.75) is 18.7 Å². The molecule has 0 spiro atoms. The SMILES string of the molecule is COc1ccc2cc1OCC(=O)NCc1ccc(c(OC)c1)O[C@H]1CN(C(=O)c3cnc4ccccc4n3)C[C@@H]1NC2=O. The second kappa shape index (κ2) is 11.8. The number of likely N-dealkylation sites (tertiary alicyclic amines) is 1. The molecule has 3 aliphatic rings. The van der Waals surface area contributed by atoms with Crippen LogP contribution < -0.4 is 29.6 Å². The lowest BCUT2D eigenvalue weighted by atomic mass is 10.1. The maximum atomic E-state index is 13.6. The number of rotatable bonds is 3. The molecular weight excluding hydrogens is 554 g/mol. The van der Waals surface area contributed by atoms with E-state index >= 15 is 0 Å². The molecule has 12 nitrogen and oxygen atoms in total. The highest BCUT2D eigenvalue weighted by Crippen LogP contribution is 2.32. The van der Waals surface area contributed by atoms with Gasteiger partial charge < -0.3 is 34.5 Å². The van der Waals surface area contributed by atoms with Crippen molar-refractivity contribution in [3.63, 3.8) is 0 Å². The Morgan fingerprint density at radius 3 is 2.58 bits per heavy atom. The first-order valence-electron chi connectivity index (χ1n) is 13.6. The number of benzene rings is 3. The van der Waals surface area contributed by atoms with Gasteiger partial charge in [0.05, 0.1) is 44.0 Å². The maximum Gasteiger partial charge on any atom is 0.274 e. The highest BCUT2D eigenvalue weighted by Gasteiger charge is 2.39. The van der Waals surface area contributed by atoms with Gasteiger partial charge >= 0.3 is 0 Å². The van der Waals surface area contributed by atoms with Crippen LogP contribution in [0.2, 0.25) is 0 Å². The lowest BCUT2D eigenvalue weighted by Crippen LogP contribution is -2.45. The van der Waals surface area contributed by atoms with Crippen LogP contribution in [0.25, 0.3) is 11.0 Å². The van der Waals surface area contributed by atoms with Gasteiger partial charge in [-0.3, -0.25) is 19.4 Å². The second-order valence-electron chi connectivity index (χ2n) is 10.1. The summed E-state index contributed by atoms with van der Waals surface area (Å²) in [6.45, 7) is 0.300. The van der Waals surface area contributed by atoms with Gasteiger partial charge in [0.15, 0.2) is 29.6 Å². The van der Waals surface area contributed by atoms with Gasteiger partial charge in [0.1, 0.15) is 11.8 Å². The summed E-state index contributed by atoms with van der Waals surface area (Å²) in [6, 6.07) is 16.7. The van der Waals surface area contributed by atoms with Crippen molar-refractivity contribution >= 4 is 28.8 Å². The van der Waals surface area contributed by atoms with E-state index in [1.807, 2.05) is 18.2 Å². The first-order valence-corrected chi connectivity index (χ1v) is 13.6. The van der Waals surface area contributed by atoms with Gasteiger partial charge in [-0.25, -0.2) is 4.98 Å². The van der Waals surface area contributed by atoms with Crippen LogP contribution in [0.4, 0.5) is 0 Å². The predicted octanol–water partition coefficient (Wildman–Crippen LogP) is 2.36.